The Morgan fingerprint density at radius 3 is 2.76 bits per heavy atom. The fraction of sp³-hybridized carbons (Fsp3) is 0.462. The largest absolute Gasteiger partial charge is 0.508 e. The van der Waals surface area contributed by atoms with Gasteiger partial charge in [0.1, 0.15) is 11.4 Å². The van der Waals surface area contributed by atoms with Gasteiger partial charge in [-0.15, -0.1) is 0 Å². The third kappa shape index (κ3) is 2.35. The van der Waals surface area contributed by atoms with Crippen molar-refractivity contribution in [2.75, 3.05) is 11.4 Å². The van der Waals surface area contributed by atoms with Crippen LogP contribution < -0.4 is 4.90 Å². The second-order valence-corrected chi connectivity index (χ2v) is 5.16. The number of rotatable bonds is 0. The van der Waals surface area contributed by atoms with Gasteiger partial charge in [-0.25, -0.2) is 4.79 Å². The van der Waals surface area contributed by atoms with Crippen LogP contribution in [0.3, 0.4) is 0 Å². The minimum Gasteiger partial charge on any atom is -0.508 e. The van der Waals surface area contributed by atoms with Crippen LogP contribution in [-0.2, 0) is 11.2 Å². The van der Waals surface area contributed by atoms with Crippen LogP contribution in [0.4, 0.5) is 10.5 Å². The smallest absolute Gasteiger partial charge is 0.414 e. The number of ether oxygens (including phenoxy) is 1. The Kier molecular flexibility index (Phi) is 2.73. The first kappa shape index (κ1) is 11.8. The Morgan fingerprint density at radius 1 is 1.41 bits per heavy atom. The van der Waals surface area contributed by atoms with Crippen LogP contribution in [0.25, 0.3) is 0 Å². The van der Waals surface area contributed by atoms with Gasteiger partial charge < -0.3 is 9.84 Å². The normalized spacial score (nSPS) is 14.6. The van der Waals surface area contributed by atoms with Gasteiger partial charge in [0.05, 0.1) is 5.69 Å². The quantitative estimate of drug-likeness (QED) is 0.752. The summed E-state index contributed by atoms with van der Waals surface area (Å²) < 4.78 is 5.32. The summed E-state index contributed by atoms with van der Waals surface area (Å²) >= 11 is 0. The molecule has 0 saturated carbocycles. The molecule has 0 spiro atoms. The van der Waals surface area contributed by atoms with Crippen LogP contribution in [0.15, 0.2) is 18.2 Å². The number of phenolic OH excluding ortho intramolecular Hbond substituents is 1. The second kappa shape index (κ2) is 3.95. The molecule has 0 aliphatic carbocycles. The highest BCUT2D eigenvalue weighted by Crippen LogP contribution is 2.34. The highest BCUT2D eigenvalue weighted by molar-refractivity contribution is 5.91. The van der Waals surface area contributed by atoms with Gasteiger partial charge in [-0.2, -0.15) is 0 Å². The fourth-order valence-corrected chi connectivity index (χ4v) is 1.92. The van der Waals surface area contributed by atoms with Crippen LogP contribution in [0.5, 0.6) is 5.75 Å². The first-order valence-electron chi connectivity index (χ1n) is 5.70. The van der Waals surface area contributed by atoms with Crippen molar-refractivity contribution in [1.29, 1.82) is 0 Å². The highest BCUT2D eigenvalue weighted by atomic mass is 16.6. The van der Waals surface area contributed by atoms with E-state index in [0.29, 0.717) is 13.0 Å². The zero-order valence-corrected chi connectivity index (χ0v) is 10.4. The molecule has 1 aliphatic heterocycles. The number of amides is 1. The van der Waals surface area contributed by atoms with Gasteiger partial charge in [-0.05, 0) is 39.3 Å². The topological polar surface area (TPSA) is 49.8 Å². The molecule has 0 atom stereocenters. The average Bonchev–Trinajstić information content (AvgIpc) is 2.60. The van der Waals surface area contributed by atoms with E-state index in [4.69, 9.17) is 4.74 Å². The Morgan fingerprint density at radius 2 is 2.12 bits per heavy atom. The lowest BCUT2D eigenvalue weighted by Gasteiger charge is -2.24. The van der Waals surface area contributed by atoms with Crippen molar-refractivity contribution in [2.45, 2.75) is 32.8 Å². The van der Waals surface area contributed by atoms with Crippen LogP contribution in [0, 0.1) is 0 Å². The van der Waals surface area contributed by atoms with E-state index in [-0.39, 0.29) is 11.8 Å². The number of benzene rings is 1. The first-order valence-corrected chi connectivity index (χ1v) is 5.70. The lowest BCUT2D eigenvalue weighted by molar-refractivity contribution is 0.0584. The summed E-state index contributed by atoms with van der Waals surface area (Å²) in [6, 6.07) is 5.19. The van der Waals surface area contributed by atoms with Gasteiger partial charge in [-0.3, -0.25) is 4.90 Å². The maximum Gasteiger partial charge on any atom is 0.414 e. The third-order valence-corrected chi connectivity index (χ3v) is 2.62. The number of anilines is 1. The summed E-state index contributed by atoms with van der Waals surface area (Å²) in [7, 11) is 0. The monoisotopic (exact) mass is 235 g/mol. The molecule has 1 aromatic rings. The molecule has 92 valence electrons. The molecule has 1 aliphatic rings. The molecule has 1 amide bonds. The lowest BCUT2D eigenvalue weighted by atomic mass is 10.1. The fourth-order valence-electron chi connectivity index (χ4n) is 1.92. The number of phenols is 1. The average molecular weight is 235 g/mol. The van der Waals surface area contributed by atoms with E-state index in [0.717, 1.165) is 11.3 Å². The molecule has 4 heteroatoms. The molecule has 0 fully saturated rings. The van der Waals surface area contributed by atoms with Crippen LogP contribution >= 0.6 is 0 Å². The summed E-state index contributed by atoms with van der Waals surface area (Å²) in [4.78, 5) is 13.5. The van der Waals surface area contributed by atoms with E-state index >= 15 is 0 Å². The number of fused-ring (bicyclic) bond motifs is 1. The molecule has 4 nitrogen and oxygen atoms in total. The minimum absolute atomic E-state index is 0.244. The third-order valence-electron chi connectivity index (χ3n) is 2.62. The number of hydrogen-bond acceptors (Lipinski definition) is 3. The maximum atomic E-state index is 12.0. The molecular weight excluding hydrogens is 218 g/mol. The van der Waals surface area contributed by atoms with Crippen molar-refractivity contribution in [2.24, 2.45) is 0 Å². The molecule has 1 N–H and O–H groups in total. The predicted octanol–water partition coefficient (Wildman–Crippen LogP) is 2.69. The van der Waals surface area contributed by atoms with E-state index in [1.54, 1.807) is 17.0 Å². The molecule has 1 heterocycles. The number of carbonyl (C=O) groups excluding carboxylic acids is 1. The zero-order valence-electron chi connectivity index (χ0n) is 10.4. The van der Waals surface area contributed by atoms with Gasteiger partial charge in [0.15, 0.2) is 0 Å². The number of carbonyl (C=O) groups is 1. The van der Waals surface area contributed by atoms with Crippen molar-refractivity contribution in [3.63, 3.8) is 0 Å². The standard InChI is InChI=1S/C13H17NO3/c1-13(2,3)17-12(16)14-8-7-9-10(14)5-4-6-11(9)15/h4-6,15H,7-8H2,1-3H3. The second-order valence-electron chi connectivity index (χ2n) is 5.16. The van der Waals surface area contributed by atoms with Gasteiger partial charge in [0.2, 0.25) is 0 Å². The van der Waals surface area contributed by atoms with Crippen LogP contribution in [-0.4, -0.2) is 23.3 Å². The molecule has 17 heavy (non-hydrogen) atoms. The molecule has 1 aromatic carbocycles. The molecule has 0 bridgehead atoms. The first-order chi connectivity index (χ1) is 7.88. The van der Waals surface area contributed by atoms with Crippen molar-refractivity contribution in [3.8, 4) is 5.75 Å². The van der Waals surface area contributed by atoms with Crippen molar-refractivity contribution >= 4 is 11.8 Å². The summed E-state index contributed by atoms with van der Waals surface area (Å²) in [5, 5.41) is 9.68. The van der Waals surface area contributed by atoms with Crippen molar-refractivity contribution in [1.82, 2.24) is 0 Å². The number of nitrogens with zero attached hydrogens (tertiary/aromatic N) is 1. The summed E-state index contributed by atoms with van der Waals surface area (Å²) in [5.41, 5.74) is 1.06. The number of hydrogen-bond donors (Lipinski definition) is 1. The van der Waals surface area contributed by atoms with Gasteiger partial charge >= 0.3 is 6.09 Å². The highest BCUT2D eigenvalue weighted by Gasteiger charge is 2.29. The minimum atomic E-state index is -0.503. The van der Waals surface area contributed by atoms with E-state index in [2.05, 4.69) is 0 Å². The Hall–Kier alpha value is -1.71. The summed E-state index contributed by atoms with van der Waals surface area (Å²) in [6.07, 6.45) is 0.309. The van der Waals surface area contributed by atoms with E-state index in [1.807, 2.05) is 26.8 Å². The Labute approximate surface area is 101 Å². The van der Waals surface area contributed by atoms with Gasteiger partial charge in [0.25, 0.3) is 0 Å². The predicted molar refractivity (Wildman–Crippen MR) is 65.4 cm³/mol. The zero-order chi connectivity index (χ0) is 12.6. The van der Waals surface area contributed by atoms with Crippen molar-refractivity contribution < 1.29 is 14.6 Å². The van der Waals surface area contributed by atoms with Crippen molar-refractivity contribution in [3.05, 3.63) is 23.8 Å². The number of aromatic hydroxyl groups is 1. The van der Waals surface area contributed by atoms with E-state index in [1.165, 1.54) is 0 Å². The van der Waals surface area contributed by atoms with Crippen LogP contribution in [0.2, 0.25) is 0 Å². The molecule has 0 radical (unpaired) electrons. The van der Waals surface area contributed by atoms with Gasteiger partial charge in [-0.1, -0.05) is 6.07 Å². The summed E-state index contributed by atoms with van der Waals surface area (Å²) in [5.74, 6) is 0.244. The van der Waals surface area contributed by atoms with Crippen LogP contribution in [0.1, 0.15) is 26.3 Å². The van der Waals surface area contributed by atoms with Gasteiger partial charge in [0, 0.05) is 12.1 Å². The van der Waals surface area contributed by atoms with E-state index < -0.39 is 5.60 Å². The van der Waals surface area contributed by atoms with E-state index in [9.17, 15) is 9.90 Å². The molecule has 0 unspecified atom stereocenters. The lowest BCUT2D eigenvalue weighted by Crippen LogP contribution is -2.35. The molecular formula is C13H17NO3. The SMILES string of the molecule is CC(C)(C)OC(=O)N1CCc2c(O)cccc21. The molecule has 2 rings (SSSR count). The Balaban J connectivity index is 2.23. The molecule has 0 aromatic heterocycles. The molecule has 0 saturated heterocycles. The summed E-state index contributed by atoms with van der Waals surface area (Å²) in [6.45, 7) is 6.07. The maximum absolute atomic E-state index is 12.0. The Bertz CT molecular complexity index is 448.